The zero-order valence-corrected chi connectivity index (χ0v) is 22.7. The minimum absolute atomic E-state index is 0. The smallest absolute Gasteiger partial charge is 1.00 e. The van der Waals surface area contributed by atoms with Crippen molar-refractivity contribution in [1.29, 1.82) is 0 Å². The summed E-state index contributed by atoms with van der Waals surface area (Å²) in [5.41, 5.74) is 7.67. The quantitative estimate of drug-likeness (QED) is 0.204. The standard InChI is InChI=1S/C22H33Si.3ClH.Ti/c1-6-8-9-11-20-15-21(14-19(20)10-7-2)23-22-17(4)12-16(3)13-18(22)5;;;;/h12-13H,6-11,15,23H2,1-5H3;3*1H;/q-1;;;;+4/p-3. The van der Waals surface area contributed by atoms with Crippen molar-refractivity contribution < 1.29 is 58.9 Å². The molecular formula is C22H33Cl3SiTi. The molecule has 1 aromatic carbocycles. The Morgan fingerprint density at radius 3 is 2.00 bits per heavy atom. The Balaban J connectivity index is -0.00000144. The monoisotopic (exact) mass is 478 g/mol. The second kappa shape index (κ2) is 16.3. The molecule has 0 radical (unpaired) electrons. The average molecular weight is 480 g/mol. The van der Waals surface area contributed by atoms with Crippen LogP contribution in [0.5, 0.6) is 0 Å². The van der Waals surface area contributed by atoms with E-state index in [2.05, 4.69) is 52.8 Å². The number of hydrogen-bond donors (Lipinski definition) is 0. The zero-order chi connectivity index (χ0) is 16.8. The van der Waals surface area contributed by atoms with E-state index in [1.807, 2.05) is 0 Å². The molecule has 0 atom stereocenters. The molecule has 27 heavy (non-hydrogen) atoms. The molecule has 0 bridgehead atoms. The number of halogens is 3. The van der Waals surface area contributed by atoms with Crippen molar-refractivity contribution in [3.8, 4) is 0 Å². The first-order valence-electron chi connectivity index (χ1n) is 9.44. The molecule has 0 aromatic heterocycles. The van der Waals surface area contributed by atoms with E-state index < -0.39 is 0 Å². The molecule has 1 aliphatic rings. The van der Waals surface area contributed by atoms with E-state index >= 15 is 0 Å². The van der Waals surface area contributed by atoms with E-state index in [1.54, 1.807) is 21.5 Å². The summed E-state index contributed by atoms with van der Waals surface area (Å²) in [5.74, 6) is 0. The fourth-order valence-electron chi connectivity index (χ4n) is 3.84. The van der Waals surface area contributed by atoms with Gasteiger partial charge in [-0.1, -0.05) is 92.8 Å². The van der Waals surface area contributed by atoms with Crippen LogP contribution in [-0.4, -0.2) is 9.52 Å². The molecule has 0 fully saturated rings. The van der Waals surface area contributed by atoms with Gasteiger partial charge in [-0.15, -0.1) is 0 Å². The van der Waals surface area contributed by atoms with Crippen LogP contribution in [0.3, 0.4) is 0 Å². The van der Waals surface area contributed by atoms with Crippen LogP contribution in [0.25, 0.3) is 0 Å². The largest absolute Gasteiger partial charge is 4.00 e. The normalized spacial score (nSPS) is 12.9. The van der Waals surface area contributed by atoms with Crippen LogP contribution in [0.2, 0.25) is 0 Å². The van der Waals surface area contributed by atoms with E-state index in [9.17, 15) is 0 Å². The van der Waals surface area contributed by atoms with E-state index in [4.69, 9.17) is 0 Å². The molecule has 0 aliphatic heterocycles. The molecule has 0 N–H and O–H groups in total. The van der Waals surface area contributed by atoms with Crippen molar-refractivity contribution in [1.82, 2.24) is 0 Å². The van der Waals surface area contributed by atoms with Crippen LogP contribution in [0.1, 0.15) is 75.5 Å². The predicted octanol–water partition coefficient (Wildman–Crippen LogP) is -3.82. The van der Waals surface area contributed by atoms with Crippen molar-refractivity contribution in [2.75, 3.05) is 0 Å². The van der Waals surface area contributed by atoms with Crippen LogP contribution >= 0.6 is 0 Å². The number of unbranched alkanes of at least 4 members (excludes halogenated alkanes) is 2. The topological polar surface area (TPSA) is 0 Å². The molecule has 1 aromatic rings. The number of benzene rings is 1. The van der Waals surface area contributed by atoms with Crippen molar-refractivity contribution in [2.24, 2.45) is 0 Å². The second-order valence-corrected chi connectivity index (χ2v) is 9.16. The first-order chi connectivity index (χ1) is 11.0. The van der Waals surface area contributed by atoms with Crippen LogP contribution in [0.4, 0.5) is 0 Å². The van der Waals surface area contributed by atoms with Gasteiger partial charge in [-0.2, -0.15) is 5.20 Å². The Kier molecular flexibility index (Phi) is 19.4. The molecule has 0 unspecified atom stereocenters. The molecule has 0 heterocycles. The molecule has 0 nitrogen and oxygen atoms in total. The van der Waals surface area contributed by atoms with Gasteiger partial charge in [-0.05, 0) is 20.8 Å². The van der Waals surface area contributed by atoms with Gasteiger partial charge in [0, 0.05) is 0 Å². The molecule has 0 saturated heterocycles. The van der Waals surface area contributed by atoms with Gasteiger partial charge in [0.1, 0.15) is 0 Å². The molecule has 150 valence electrons. The third-order valence-electron chi connectivity index (χ3n) is 4.99. The third kappa shape index (κ3) is 9.70. The van der Waals surface area contributed by atoms with Crippen LogP contribution in [-0.2, 0) is 21.7 Å². The fourth-order valence-corrected chi connectivity index (χ4v) is 5.75. The Labute approximate surface area is 203 Å². The maximum absolute atomic E-state index is 3.84. The number of allylic oxidation sites excluding steroid dienone is 4. The summed E-state index contributed by atoms with van der Waals surface area (Å²) in [5, 5.41) is 3.30. The average Bonchev–Trinajstić information content (AvgIpc) is 2.86. The van der Waals surface area contributed by atoms with Gasteiger partial charge in [0.05, 0.1) is 9.52 Å². The maximum atomic E-state index is 3.84. The van der Waals surface area contributed by atoms with Gasteiger partial charge < -0.3 is 37.2 Å². The maximum Gasteiger partial charge on any atom is 4.00 e. The summed E-state index contributed by atoms with van der Waals surface area (Å²) in [6.07, 6.45) is 12.9. The van der Waals surface area contributed by atoms with Crippen LogP contribution in [0, 0.1) is 26.8 Å². The Morgan fingerprint density at radius 1 is 0.889 bits per heavy atom. The Hall–Kier alpha value is 0.501. The zero-order valence-electron chi connectivity index (χ0n) is 17.4. The van der Waals surface area contributed by atoms with Gasteiger partial charge in [0.15, 0.2) is 0 Å². The fraction of sp³-hybridized carbons (Fsp3) is 0.545. The summed E-state index contributed by atoms with van der Waals surface area (Å²) in [6, 6.07) is 4.71. The first-order valence-corrected chi connectivity index (χ1v) is 10.9. The van der Waals surface area contributed by atoms with Gasteiger partial charge in [0.2, 0.25) is 0 Å². The molecule has 5 heteroatoms. The van der Waals surface area contributed by atoms with Crippen molar-refractivity contribution in [3.63, 3.8) is 0 Å². The summed E-state index contributed by atoms with van der Waals surface area (Å²) in [7, 11) is -0.354. The summed E-state index contributed by atoms with van der Waals surface area (Å²) in [6.45, 7) is 11.4. The number of hydrogen-bond acceptors (Lipinski definition) is 0. The summed E-state index contributed by atoms with van der Waals surface area (Å²) in [4.78, 5) is 0. The van der Waals surface area contributed by atoms with Crippen molar-refractivity contribution in [3.05, 3.63) is 51.2 Å². The van der Waals surface area contributed by atoms with Crippen LogP contribution < -0.4 is 42.4 Å². The Morgan fingerprint density at radius 2 is 1.48 bits per heavy atom. The van der Waals surface area contributed by atoms with Crippen LogP contribution in [0.15, 0.2) is 28.5 Å². The van der Waals surface area contributed by atoms with E-state index in [-0.39, 0.29) is 68.5 Å². The van der Waals surface area contributed by atoms with E-state index in [0.29, 0.717) is 0 Å². The molecule has 0 amide bonds. The van der Waals surface area contributed by atoms with Gasteiger partial charge in [-0.25, -0.2) is 11.1 Å². The molecule has 1 aliphatic carbocycles. The van der Waals surface area contributed by atoms with Gasteiger partial charge in [-0.3, -0.25) is 6.08 Å². The molecule has 2 rings (SSSR count). The van der Waals surface area contributed by atoms with Crippen molar-refractivity contribution >= 4 is 14.7 Å². The number of aryl methyl sites for hydroxylation is 3. The summed E-state index contributed by atoms with van der Waals surface area (Å²) >= 11 is 0. The Bertz CT molecular complexity index is 601. The minimum Gasteiger partial charge on any atom is -1.00 e. The van der Waals surface area contributed by atoms with E-state index in [0.717, 1.165) is 0 Å². The molecular weight excluding hydrogens is 447 g/mol. The van der Waals surface area contributed by atoms with Crippen molar-refractivity contribution in [2.45, 2.75) is 79.6 Å². The van der Waals surface area contributed by atoms with Gasteiger partial charge >= 0.3 is 21.7 Å². The van der Waals surface area contributed by atoms with E-state index in [1.165, 1.54) is 61.6 Å². The third-order valence-corrected chi connectivity index (χ3v) is 7.32. The molecule has 0 saturated carbocycles. The van der Waals surface area contributed by atoms with Gasteiger partial charge in [0.25, 0.3) is 0 Å². The minimum atomic E-state index is -0.354. The SMILES string of the molecule is CCCCCC1=C(CCC)[C-]=C([SiH2]c2c(C)cc(C)cc2C)C1.[Cl-].[Cl-].[Cl-].[Ti+4]. The first kappa shape index (κ1) is 32.2. The predicted molar refractivity (Wildman–Crippen MR) is 106 cm³/mol. The second-order valence-electron chi connectivity index (χ2n) is 7.25. The molecule has 0 spiro atoms. The number of rotatable bonds is 8. The summed E-state index contributed by atoms with van der Waals surface area (Å²) < 4.78 is 0.